The molecule has 0 saturated heterocycles. The molecule has 1 heterocycles. The average molecular weight is 653 g/mol. The minimum Gasteiger partial charge on any atom is -0.497 e. The summed E-state index contributed by atoms with van der Waals surface area (Å²) in [5, 5.41) is 15.8. The number of halogens is 2. The minimum absolute atomic E-state index is 0.0288. The van der Waals surface area contributed by atoms with Crippen LogP contribution in [-0.2, 0) is 16.6 Å². The molecule has 0 amide bonds. The van der Waals surface area contributed by atoms with Crippen LogP contribution in [0.25, 0.3) is 0 Å². The predicted octanol–water partition coefficient (Wildman–Crippen LogP) is 5.77. The van der Waals surface area contributed by atoms with Gasteiger partial charge in [0.2, 0.25) is 0 Å². The first-order valence-electron chi connectivity index (χ1n) is 14.4. The molecule has 0 spiro atoms. The van der Waals surface area contributed by atoms with E-state index in [1.807, 2.05) is 7.05 Å². The monoisotopic (exact) mass is 652 g/mol. The summed E-state index contributed by atoms with van der Waals surface area (Å²) in [5.74, 6) is 0.437. The number of methoxy groups -OCH3 is 2. The number of hydrogen-bond acceptors (Lipinski definition) is 9. The van der Waals surface area contributed by atoms with Gasteiger partial charge in [-0.2, -0.15) is 0 Å². The van der Waals surface area contributed by atoms with Crippen LogP contribution in [0, 0.1) is 11.7 Å². The van der Waals surface area contributed by atoms with Crippen molar-refractivity contribution in [2.75, 3.05) is 37.4 Å². The lowest BCUT2D eigenvalue weighted by atomic mass is 9.89. The highest BCUT2D eigenvalue weighted by Crippen LogP contribution is 2.37. The number of sulfonamides is 1. The maximum atomic E-state index is 15.8. The topological polar surface area (TPSA) is 104 Å². The van der Waals surface area contributed by atoms with E-state index < -0.39 is 20.7 Å². The molecule has 2 fully saturated rings. The number of benzene rings is 2. The second-order valence-corrected chi connectivity index (χ2v) is 14.3. The van der Waals surface area contributed by atoms with Gasteiger partial charge in [-0.1, -0.05) is 24.4 Å². The second-order valence-electron chi connectivity index (χ2n) is 11.2. The molecule has 2 aromatic carbocycles. The number of rotatable bonds is 13. The lowest BCUT2D eigenvalue weighted by Gasteiger charge is -2.39. The zero-order valence-electron chi connectivity index (χ0n) is 24.5. The summed E-state index contributed by atoms with van der Waals surface area (Å²) in [6.45, 7) is 0.432. The first kappa shape index (κ1) is 31.8. The molecule has 13 heteroatoms. The Balaban J connectivity index is 1.41. The summed E-state index contributed by atoms with van der Waals surface area (Å²) in [5.41, 5.74) is 0.884. The first-order valence-corrected chi connectivity index (χ1v) is 17.1. The van der Waals surface area contributed by atoms with Crippen molar-refractivity contribution in [3.8, 4) is 11.5 Å². The summed E-state index contributed by atoms with van der Waals surface area (Å²) in [7, 11) is 0.586. The Labute approximate surface area is 261 Å². The van der Waals surface area contributed by atoms with Crippen LogP contribution in [0.1, 0.15) is 44.1 Å². The van der Waals surface area contributed by atoms with Gasteiger partial charge < -0.3 is 19.9 Å². The Morgan fingerprint density at radius 1 is 1.16 bits per heavy atom. The van der Waals surface area contributed by atoms with Gasteiger partial charge >= 0.3 is 0 Å². The highest BCUT2D eigenvalue weighted by molar-refractivity contribution is 7.93. The quantitative estimate of drug-likeness (QED) is 0.240. The van der Waals surface area contributed by atoms with Gasteiger partial charge in [-0.05, 0) is 62.9 Å². The number of aliphatic hydroxyl groups excluding tert-OH is 1. The Kier molecular flexibility index (Phi) is 10.0. The molecule has 0 aliphatic heterocycles. The normalized spacial score (nSPS) is 19.7. The summed E-state index contributed by atoms with van der Waals surface area (Å²) in [4.78, 5) is 5.85. The first-order chi connectivity index (χ1) is 20.6. The van der Waals surface area contributed by atoms with E-state index >= 15 is 4.39 Å². The van der Waals surface area contributed by atoms with Crippen LogP contribution >= 0.6 is 22.9 Å². The molecule has 9 nitrogen and oxygen atoms in total. The van der Waals surface area contributed by atoms with Crippen molar-refractivity contribution in [2.45, 2.75) is 68.2 Å². The third-order valence-corrected chi connectivity index (χ3v) is 11.3. The number of aliphatic hydroxyl groups is 1. The molecular weight excluding hydrogens is 615 g/mol. The molecule has 3 aromatic rings. The molecule has 5 rings (SSSR count). The molecule has 2 saturated carbocycles. The maximum Gasteiger partial charge on any atom is 0.269 e. The molecule has 1 aromatic heterocycles. The van der Waals surface area contributed by atoms with E-state index in [1.54, 1.807) is 23.6 Å². The van der Waals surface area contributed by atoms with Crippen LogP contribution in [-0.4, -0.2) is 69.4 Å². The van der Waals surface area contributed by atoms with Crippen LogP contribution < -0.4 is 19.1 Å². The Hall–Kier alpha value is -2.64. The zero-order valence-corrected chi connectivity index (χ0v) is 26.9. The van der Waals surface area contributed by atoms with E-state index in [2.05, 4.69) is 15.2 Å². The summed E-state index contributed by atoms with van der Waals surface area (Å²) in [6.07, 6.45) is 7.15. The third kappa shape index (κ3) is 7.20. The van der Waals surface area contributed by atoms with Gasteiger partial charge in [0.25, 0.3) is 10.0 Å². The van der Waals surface area contributed by atoms with Crippen LogP contribution in [0.5, 0.6) is 11.5 Å². The minimum atomic E-state index is -4.43. The number of ether oxygens (including phenoxy) is 2. The predicted molar refractivity (Wildman–Crippen MR) is 167 cm³/mol. The molecule has 2 aliphatic rings. The standard InChI is InChI=1S/C30H38ClFN4O5S2/c1-35(18-27(37)19-8-9-19)26-7-5-4-6-24(26)34-25-16-23(32)29(15-22(25)31)43(38,39)36(30-33-12-13-42-30)17-20-10-11-21(40-2)14-28(20)41-3/h10-16,19,24,26-27,34,37H,4-9,17-18H2,1-3H3/t24?,26-,27+/m0/s1. The van der Waals surface area contributed by atoms with E-state index in [0.29, 0.717) is 35.2 Å². The Morgan fingerprint density at radius 2 is 1.93 bits per heavy atom. The number of anilines is 2. The van der Waals surface area contributed by atoms with Crippen molar-refractivity contribution < 1.29 is 27.4 Å². The van der Waals surface area contributed by atoms with Crippen molar-refractivity contribution in [2.24, 2.45) is 5.92 Å². The number of likely N-dealkylation sites (N-methyl/N-ethyl adjacent to an activating group) is 1. The van der Waals surface area contributed by atoms with Gasteiger partial charge in [0.05, 0.1) is 37.6 Å². The highest BCUT2D eigenvalue weighted by Gasteiger charge is 2.35. The maximum absolute atomic E-state index is 15.8. The van der Waals surface area contributed by atoms with E-state index in [0.717, 1.165) is 60.2 Å². The Morgan fingerprint density at radius 3 is 2.60 bits per heavy atom. The summed E-state index contributed by atoms with van der Waals surface area (Å²) >= 11 is 7.77. The number of nitrogens with zero attached hydrogens (tertiary/aromatic N) is 3. The third-order valence-electron chi connectivity index (χ3n) is 8.31. The lowest BCUT2D eigenvalue weighted by Crippen LogP contribution is -2.49. The summed E-state index contributed by atoms with van der Waals surface area (Å²) < 4.78 is 55.6. The fourth-order valence-corrected chi connectivity index (χ4v) is 8.38. The summed E-state index contributed by atoms with van der Waals surface area (Å²) in [6, 6.07) is 7.48. The van der Waals surface area contributed by atoms with Crippen LogP contribution in [0.3, 0.4) is 0 Å². The largest absolute Gasteiger partial charge is 0.497 e. The van der Waals surface area contributed by atoms with Gasteiger partial charge in [-0.25, -0.2) is 22.1 Å². The van der Waals surface area contributed by atoms with Crippen LogP contribution in [0.15, 0.2) is 46.8 Å². The fraction of sp³-hybridized carbons (Fsp3) is 0.500. The van der Waals surface area contributed by atoms with Crippen LogP contribution in [0.4, 0.5) is 15.2 Å². The van der Waals surface area contributed by atoms with Crippen LogP contribution in [0.2, 0.25) is 5.02 Å². The van der Waals surface area contributed by atoms with Gasteiger partial charge in [0.15, 0.2) is 5.13 Å². The average Bonchev–Trinajstić information content (AvgIpc) is 3.72. The highest BCUT2D eigenvalue weighted by atomic mass is 35.5. The molecule has 0 radical (unpaired) electrons. The zero-order chi connectivity index (χ0) is 30.7. The van der Waals surface area contributed by atoms with Gasteiger partial charge in [-0.3, -0.25) is 4.90 Å². The number of nitrogens with one attached hydrogen (secondary N) is 1. The van der Waals surface area contributed by atoms with E-state index in [4.69, 9.17) is 21.1 Å². The molecular formula is C30H38ClFN4O5S2. The van der Waals surface area contributed by atoms with Gasteiger partial charge in [-0.15, -0.1) is 11.3 Å². The SMILES string of the molecule is COc1ccc(CN(c2nccs2)S(=O)(=O)c2cc(Cl)c(NC3CCCC[C@@H]3N(C)C[C@@H](O)C3CC3)cc2F)c(OC)c1. The van der Waals surface area contributed by atoms with Crippen molar-refractivity contribution in [3.63, 3.8) is 0 Å². The molecule has 0 bridgehead atoms. The molecule has 234 valence electrons. The number of hydrogen-bond donors (Lipinski definition) is 2. The molecule has 1 unspecified atom stereocenters. The van der Waals surface area contributed by atoms with Crippen molar-refractivity contribution >= 4 is 43.8 Å². The van der Waals surface area contributed by atoms with E-state index in [-0.39, 0.29) is 34.9 Å². The Bertz CT molecular complexity index is 1510. The van der Waals surface area contributed by atoms with E-state index in [9.17, 15) is 13.5 Å². The number of thiazole rings is 1. The van der Waals surface area contributed by atoms with Crippen molar-refractivity contribution in [3.05, 3.63) is 58.3 Å². The molecule has 43 heavy (non-hydrogen) atoms. The lowest BCUT2D eigenvalue weighted by molar-refractivity contribution is 0.0735. The van der Waals surface area contributed by atoms with Gasteiger partial charge in [0.1, 0.15) is 22.2 Å². The van der Waals surface area contributed by atoms with E-state index in [1.165, 1.54) is 26.5 Å². The van der Waals surface area contributed by atoms with Gasteiger partial charge in [0, 0.05) is 41.8 Å². The molecule has 2 aliphatic carbocycles. The number of aromatic nitrogens is 1. The second kappa shape index (κ2) is 13.6. The van der Waals surface area contributed by atoms with Crippen molar-refractivity contribution in [1.82, 2.24) is 9.88 Å². The molecule has 2 N–H and O–H groups in total. The van der Waals surface area contributed by atoms with Crippen molar-refractivity contribution in [1.29, 1.82) is 0 Å². The molecule has 3 atom stereocenters. The smallest absolute Gasteiger partial charge is 0.269 e. The fourth-order valence-electron chi connectivity index (χ4n) is 5.75.